The highest BCUT2D eigenvalue weighted by Gasteiger charge is 2.32. The first-order chi connectivity index (χ1) is 9.07. The Morgan fingerprint density at radius 3 is 2.68 bits per heavy atom. The highest BCUT2D eigenvalue weighted by atomic mass is 32.2. The van der Waals surface area contributed by atoms with Crippen LogP contribution in [0.2, 0.25) is 0 Å². The first-order valence-electron chi connectivity index (χ1n) is 6.23. The van der Waals surface area contributed by atoms with Crippen LogP contribution in [0.1, 0.15) is 6.42 Å². The number of sulfone groups is 1. The molecule has 6 heteroatoms. The van der Waals surface area contributed by atoms with Crippen molar-refractivity contribution in [3.8, 4) is 0 Å². The third kappa shape index (κ3) is 4.54. The first kappa shape index (κ1) is 14.4. The number of thioether (sulfide) groups is 1. The Kier molecular flexibility index (Phi) is 4.87. The van der Waals surface area contributed by atoms with Crippen molar-refractivity contribution < 1.29 is 13.2 Å². The van der Waals surface area contributed by atoms with E-state index in [1.807, 2.05) is 30.3 Å². The highest BCUT2D eigenvalue weighted by Crippen LogP contribution is 2.19. The molecule has 104 valence electrons. The zero-order chi connectivity index (χ0) is 13.7. The molecule has 19 heavy (non-hydrogen) atoms. The second-order valence-electron chi connectivity index (χ2n) is 4.55. The number of nitrogens with one attached hydrogen (secondary N) is 1. The molecule has 1 saturated heterocycles. The van der Waals surface area contributed by atoms with Crippen LogP contribution < -0.4 is 5.32 Å². The zero-order valence-electron chi connectivity index (χ0n) is 10.5. The van der Waals surface area contributed by atoms with Gasteiger partial charge in [-0.3, -0.25) is 4.79 Å². The number of benzene rings is 1. The van der Waals surface area contributed by atoms with E-state index in [1.165, 1.54) is 4.90 Å². The van der Waals surface area contributed by atoms with Crippen LogP contribution in [-0.2, 0) is 14.6 Å². The molecule has 1 atom stereocenters. The van der Waals surface area contributed by atoms with Crippen molar-refractivity contribution >= 4 is 27.5 Å². The third-order valence-corrected chi connectivity index (χ3v) is 5.80. The van der Waals surface area contributed by atoms with Gasteiger partial charge in [0, 0.05) is 17.2 Å². The van der Waals surface area contributed by atoms with Gasteiger partial charge in [-0.15, -0.1) is 11.8 Å². The number of carbonyl (C=O) groups is 1. The maximum Gasteiger partial charge on any atom is 0.224 e. The fourth-order valence-electron chi connectivity index (χ4n) is 2.01. The Labute approximate surface area is 117 Å². The molecule has 1 N–H and O–H groups in total. The van der Waals surface area contributed by atoms with Gasteiger partial charge in [-0.05, 0) is 18.6 Å². The van der Waals surface area contributed by atoms with Crippen LogP contribution in [0.3, 0.4) is 0 Å². The molecular weight excluding hydrogens is 282 g/mol. The molecule has 1 amide bonds. The van der Waals surface area contributed by atoms with Crippen LogP contribution in [0.4, 0.5) is 0 Å². The van der Waals surface area contributed by atoms with Gasteiger partial charge in [0.15, 0.2) is 9.84 Å². The van der Waals surface area contributed by atoms with Crippen LogP contribution in [0.5, 0.6) is 0 Å². The Morgan fingerprint density at radius 1 is 1.32 bits per heavy atom. The molecule has 0 saturated carbocycles. The topological polar surface area (TPSA) is 63.2 Å². The predicted molar refractivity (Wildman–Crippen MR) is 76.9 cm³/mol. The Bertz CT molecular complexity index is 528. The van der Waals surface area contributed by atoms with Gasteiger partial charge in [0.25, 0.3) is 0 Å². The summed E-state index contributed by atoms with van der Waals surface area (Å²) in [6, 6.07) is 9.97. The van der Waals surface area contributed by atoms with Crippen molar-refractivity contribution in [2.45, 2.75) is 11.3 Å². The summed E-state index contributed by atoms with van der Waals surface area (Å²) in [6.07, 6.45) is 0.458. The molecule has 1 aliphatic rings. The molecule has 4 nitrogen and oxygen atoms in total. The SMILES string of the molecule is O=C(NCCSc1ccccc1)[C@H]1CCS(=O)(=O)C1. The molecular formula is C13H17NO3S2. The zero-order valence-corrected chi connectivity index (χ0v) is 12.2. The number of rotatable bonds is 5. The van der Waals surface area contributed by atoms with Gasteiger partial charge in [0.05, 0.1) is 17.4 Å². The van der Waals surface area contributed by atoms with Crippen LogP contribution in [-0.4, -0.2) is 38.1 Å². The van der Waals surface area contributed by atoms with Crippen LogP contribution >= 0.6 is 11.8 Å². The summed E-state index contributed by atoms with van der Waals surface area (Å²) in [5.41, 5.74) is 0. The number of hydrogen-bond acceptors (Lipinski definition) is 4. The molecule has 0 unspecified atom stereocenters. The lowest BCUT2D eigenvalue weighted by Gasteiger charge is -2.09. The molecule has 0 aliphatic carbocycles. The molecule has 1 aromatic rings. The van der Waals surface area contributed by atoms with E-state index in [2.05, 4.69) is 5.32 Å². The lowest BCUT2D eigenvalue weighted by atomic mass is 10.1. The molecule has 0 spiro atoms. The van der Waals surface area contributed by atoms with E-state index in [0.717, 1.165) is 5.75 Å². The minimum atomic E-state index is -2.98. The monoisotopic (exact) mass is 299 g/mol. The minimum absolute atomic E-state index is 0.00462. The van der Waals surface area contributed by atoms with E-state index in [0.29, 0.717) is 13.0 Å². The fourth-order valence-corrected chi connectivity index (χ4v) is 4.54. The molecule has 0 radical (unpaired) electrons. The Balaban J connectivity index is 1.68. The first-order valence-corrected chi connectivity index (χ1v) is 9.03. The molecule has 0 aromatic heterocycles. The summed E-state index contributed by atoms with van der Waals surface area (Å²) < 4.78 is 22.6. The maximum atomic E-state index is 11.8. The van der Waals surface area contributed by atoms with Crippen molar-refractivity contribution in [2.75, 3.05) is 23.8 Å². The Hall–Kier alpha value is -1.01. The summed E-state index contributed by atoms with van der Waals surface area (Å²) in [7, 11) is -2.98. The maximum absolute atomic E-state index is 11.8. The second-order valence-corrected chi connectivity index (χ2v) is 7.95. The van der Waals surface area contributed by atoms with Crippen molar-refractivity contribution in [1.82, 2.24) is 5.32 Å². The summed E-state index contributed by atoms with van der Waals surface area (Å²) in [5, 5.41) is 2.81. The minimum Gasteiger partial charge on any atom is -0.355 e. The van der Waals surface area contributed by atoms with E-state index < -0.39 is 9.84 Å². The van der Waals surface area contributed by atoms with Gasteiger partial charge in [0.2, 0.25) is 5.91 Å². The van der Waals surface area contributed by atoms with Gasteiger partial charge >= 0.3 is 0 Å². The molecule has 1 heterocycles. The molecule has 2 rings (SSSR count). The number of amides is 1. The van der Waals surface area contributed by atoms with Crippen LogP contribution in [0.25, 0.3) is 0 Å². The van der Waals surface area contributed by atoms with Crippen LogP contribution in [0, 0.1) is 5.92 Å². The predicted octanol–water partition coefficient (Wildman–Crippen LogP) is 1.33. The molecule has 1 fully saturated rings. The molecule has 1 aliphatic heterocycles. The summed E-state index contributed by atoms with van der Waals surface area (Å²) in [4.78, 5) is 12.9. The summed E-state index contributed by atoms with van der Waals surface area (Å²) in [6.45, 7) is 0.564. The summed E-state index contributed by atoms with van der Waals surface area (Å²) >= 11 is 1.67. The fraction of sp³-hybridized carbons (Fsp3) is 0.462. The lowest BCUT2D eigenvalue weighted by Crippen LogP contribution is -2.32. The van der Waals surface area contributed by atoms with Gasteiger partial charge in [-0.25, -0.2) is 8.42 Å². The number of hydrogen-bond donors (Lipinski definition) is 1. The Morgan fingerprint density at radius 2 is 2.05 bits per heavy atom. The number of carbonyl (C=O) groups excluding carboxylic acids is 1. The van der Waals surface area contributed by atoms with E-state index in [-0.39, 0.29) is 23.3 Å². The molecule has 1 aromatic carbocycles. The summed E-state index contributed by atoms with van der Waals surface area (Å²) in [5.74, 6) is 0.450. The van der Waals surface area contributed by atoms with E-state index in [1.54, 1.807) is 11.8 Å². The second kappa shape index (κ2) is 6.43. The van der Waals surface area contributed by atoms with Crippen molar-refractivity contribution in [1.29, 1.82) is 0 Å². The van der Waals surface area contributed by atoms with Crippen LogP contribution in [0.15, 0.2) is 35.2 Å². The lowest BCUT2D eigenvalue weighted by molar-refractivity contribution is -0.124. The van der Waals surface area contributed by atoms with E-state index in [9.17, 15) is 13.2 Å². The quantitative estimate of drug-likeness (QED) is 0.658. The van der Waals surface area contributed by atoms with Gasteiger partial charge < -0.3 is 5.32 Å². The smallest absolute Gasteiger partial charge is 0.224 e. The van der Waals surface area contributed by atoms with Crippen molar-refractivity contribution in [2.24, 2.45) is 5.92 Å². The average molecular weight is 299 g/mol. The van der Waals surface area contributed by atoms with Gasteiger partial charge in [0.1, 0.15) is 0 Å². The van der Waals surface area contributed by atoms with Gasteiger partial charge in [-0.2, -0.15) is 0 Å². The van der Waals surface area contributed by atoms with Crippen molar-refractivity contribution in [3.05, 3.63) is 30.3 Å². The largest absolute Gasteiger partial charge is 0.355 e. The highest BCUT2D eigenvalue weighted by molar-refractivity contribution is 7.99. The normalized spacial score (nSPS) is 21.2. The van der Waals surface area contributed by atoms with Gasteiger partial charge in [-0.1, -0.05) is 18.2 Å². The third-order valence-electron chi connectivity index (χ3n) is 3.02. The van der Waals surface area contributed by atoms with Crippen molar-refractivity contribution in [3.63, 3.8) is 0 Å². The van der Waals surface area contributed by atoms with E-state index >= 15 is 0 Å². The van der Waals surface area contributed by atoms with E-state index in [4.69, 9.17) is 0 Å². The molecule has 0 bridgehead atoms. The average Bonchev–Trinajstić information content (AvgIpc) is 2.76. The standard InChI is InChI=1S/C13H17NO3S2/c15-13(11-6-9-19(16,17)10-11)14-7-8-18-12-4-2-1-3-5-12/h1-5,11H,6-10H2,(H,14,15)/t11-/m0/s1.